The van der Waals surface area contributed by atoms with Gasteiger partial charge in [-0.2, -0.15) is 0 Å². The summed E-state index contributed by atoms with van der Waals surface area (Å²) in [7, 11) is 0. The highest BCUT2D eigenvalue weighted by atomic mass is 15.5. The van der Waals surface area contributed by atoms with Crippen molar-refractivity contribution >= 4 is 11.9 Å². The van der Waals surface area contributed by atoms with Crippen LogP contribution in [0.15, 0.2) is 34.6 Å². The van der Waals surface area contributed by atoms with Gasteiger partial charge < -0.3 is 0 Å². The lowest BCUT2D eigenvalue weighted by Crippen LogP contribution is -2.04. The van der Waals surface area contributed by atoms with Crippen LogP contribution in [-0.2, 0) is 6.42 Å². The van der Waals surface area contributed by atoms with Crippen LogP contribution in [0.3, 0.4) is 0 Å². The molecular formula is C16H24N3+. The van der Waals surface area contributed by atoms with E-state index in [0.29, 0.717) is 12.0 Å². The molecule has 1 heterocycles. The van der Waals surface area contributed by atoms with Crippen molar-refractivity contribution in [3.8, 4) is 0 Å². The molecule has 102 valence electrons. The Morgan fingerprint density at radius 1 is 1.11 bits per heavy atom. The Bertz CT molecular complexity index is 464. The second-order valence-corrected chi connectivity index (χ2v) is 6.37. The van der Waals surface area contributed by atoms with Crippen molar-refractivity contribution in [2.75, 3.05) is 6.54 Å². The van der Waals surface area contributed by atoms with E-state index >= 15 is 0 Å². The zero-order valence-corrected chi connectivity index (χ0v) is 12.3. The van der Waals surface area contributed by atoms with Crippen LogP contribution in [0.25, 0.3) is 0 Å². The lowest BCUT2D eigenvalue weighted by atomic mass is 9.89. The van der Waals surface area contributed by atoms with Gasteiger partial charge in [-0.25, -0.2) is 0 Å². The van der Waals surface area contributed by atoms with Crippen molar-refractivity contribution in [1.29, 1.82) is 0 Å². The Labute approximate surface area is 116 Å². The van der Waals surface area contributed by atoms with Crippen molar-refractivity contribution in [1.82, 2.24) is 0 Å². The minimum Gasteiger partial charge on any atom is -0.103 e. The third-order valence-corrected chi connectivity index (χ3v) is 3.34. The summed E-state index contributed by atoms with van der Waals surface area (Å²) < 4.78 is 1.84. The standard InChI is InChI=1S/C16H24N3/c1-16(2,3)11-5-4-6-14-7-9-15(10-8-14)19-13-12-17-18-19/h7-10,13H,4-6,11-12H2,1-3H3/q+1. The van der Waals surface area contributed by atoms with Crippen LogP contribution in [0.5, 0.6) is 0 Å². The van der Waals surface area contributed by atoms with Crippen LogP contribution >= 0.6 is 0 Å². The molecule has 19 heavy (non-hydrogen) atoms. The number of nitrogens with zero attached hydrogens (tertiary/aromatic N) is 3. The lowest BCUT2D eigenvalue weighted by molar-refractivity contribution is -0.444. The van der Waals surface area contributed by atoms with E-state index in [9.17, 15) is 0 Å². The summed E-state index contributed by atoms with van der Waals surface area (Å²) in [5.41, 5.74) is 2.97. The lowest BCUT2D eigenvalue weighted by Gasteiger charge is -2.17. The predicted molar refractivity (Wildman–Crippen MR) is 79.2 cm³/mol. The molecule has 0 unspecified atom stereocenters. The normalized spacial score (nSPS) is 14.8. The fourth-order valence-electron chi connectivity index (χ4n) is 2.21. The van der Waals surface area contributed by atoms with Crippen molar-refractivity contribution in [2.45, 2.75) is 46.5 Å². The Kier molecular flexibility index (Phi) is 4.46. The second kappa shape index (κ2) is 6.09. The highest BCUT2D eigenvalue weighted by molar-refractivity contribution is 5.57. The molecular weight excluding hydrogens is 234 g/mol. The van der Waals surface area contributed by atoms with Crippen LogP contribution in [0.1, 0.15) is 45.6 Å². The van der Waals surface area contributed by atoms with E-state index in [-0.39, 0.29) is 0 Å². The molecule has 1 aromatic rings. The molecule has 0 saturated carbocycles. The molecule has 0 fully saturated rings. The molecule has 0 aromatic heterocycles. The average molecular weight is 258 g/mol. The van der Waals surface area contributed by atoms with Crippen molar-refractivity contribution < 1.29 is 4.68 Å². The van der Waals surface area contributed by atoms with Gasteiger partial charge in [0.2, 0.25) is 6.54 Å². The fourth-order valence-corrected chi connectivity index (χ4v) is 2.21. The SMILES string of the molecule is CC(C)(C)CCCCc1ccc([N+]2=CCN=N2)cc1. The maximum Gasteiger partial charge on any atom is 0.213 e. The molecule has 1 aliphatic rings. The van der Waals surface area contributed by atoms with Crippen molar-refractivity contribution in [2.24, 2.45) is 15.8 Å². The summed E-state index contributed by atoms with van der Waals surface area (Å²) in [4.78, 5) is 0. The van der Waals surface area contributed by atoms with Gasteiger partial charge in [0, 0.05) is 5.11 Å². The number of rotatable bonds is 5. The molecule has 0 bridgehead atoms. The predicted octanol–water partition coefficient (Wildman–Crippen LogP) is 4.54. The molecule has 1 aliphatic heterocycles. The molecule has 3 heteroatoms. The van der Waals surface area contributed by atoms with Gasteiger partial charge in [0.15, 0.2) is 5.69 Å². The largest absolute Gasteiger partial charge is 0.213 e. The number of unbranched alkanes of at least 4 members (excludes halogenated alkanes) is 1. The van der Waals surface area contributed by atoms with Gasteiger partial charge in [-0.15, -0.1) is 4.68 Å². The van der Waals surface area contributed by atoms with Crippen LogP contribution in [0, 0.1) is 5.41 Å². The summed E-state index contributed by atoms with van der Waals surface area (Å²) in [6, 6.07) is 8.65. The molecule has 0 N–H and O–H groups in total. The monoisotopic (exact) mass is 258 g/mol. The van der Waals surface area contributed by atoms with Gasteiger partial charge in [0.25, 0.3) is 0 Å². The van der Waals surface area contributed by atoms with E-state index in [1.165, 1.54) is 31.2 Å². The van der Waals surface area contributed by atoms with Gasteiger partial charge in [-0.3, -0.25) is 0 Å². The highest BCUT2D eigenvalue weighted by Crippen LogP contribution is 2.22. The zero-order chi connectivity index (χ0) is 13.7. The first-order valence-corrected chi connectivity index (χ1v) is 7.13. The minimum atomic E-state index is 0.459. The van der Waals surface area contributed by atoms with E-state index in [4.69, 9.17) is 0 Å². The van der Waals surface area contributed by atoms with Gasteiger partial charge >= 0.3 is 0 Å². The maximum atomic E-state index is 4.04. The molecule has 1 aromatic carbocycles. The smallest absolute Gasteiger partial charge is 0.103 e. The third-order valence-electron chi connectivity index (χ3n) is 3.34. The van der Waals surface area contributed by atoms with Crippen LogP contribution < -0.4 is 0 Å². The first-order valence-electron chi connectivity index (χ1n) is 7.13. The zero-order valence-electron chi connectivity index (χ0n) is 12.3. The topological polar surface area (TPSA) is 27.7 Å². The van der Waals surface area contributed by atoms with Crippen molar-refractivity contribution in [3.63, 3.8) is 0 Å². The Morgan fingerprint density at radius 3 is 2.42 bits per heavy atom. The summed E-state index contributed by atoms with van der Waals surface area (Å²) in [5, 5.41) is 7.98. The van der Waals surface area contributed by atoms with E-state index in [1.807, 2.05) is 10.9 Å². The Hall–Kier alpha value is -1.51. The Morgan fingerprint density at radius 2 is 1.84 bits per heavy atom. The molecule has 0 saturated heterocycles. The van der Waals surface area contributed by atoms with Gasteiger partial charge in [0.1, 0.15) is 11.4 Å². The summed E-state index contributed by atoms with van der Waals surface area (Å²) >= 11 is 0. The number of benzene rings is 1. The van der Waals surface area contributed by atoms with Crippen molar-refractivity contribution in [3.05, 3.63) is 29.8 Å². The molecule has 0 aliphatic carbocycles. The molecule has 0 amide bonds. The number of aryl methyl sites for hydroxylation is 1. The molecule has 0 atom stereocenters. The quantitative estimate of drug-likeness (QED) is 0.548. The Balaban J connectivity index is 1.81. The average Bonchev–Trinajstić information content (AvgIpc) is 2.88. The second-order valence-electron chi connectivity index (χ2n) is 6.37. The van der Waals surface area contributed by atoms with Crippen LogP contribution in [0.2, 0.25) is 0 Å². The van der Waals surface area contributed by atoms with Gasteiger partial charge in [-0.05, 0) is 42.4 Å². The van der Waals surface area contributed by atoms with Gasteiger partial charge in [0.05, 0.1) is 0 Å². The number of hydrogen-bond donors (Lipinski definition) is 0. The van der Waals surface area contributed by atoms with Gasteiger partial charge in [-0.1, -0.05) is 39.3 Å². The minimum absolute atomic E-state index is 0.459. The first kappa shape index (κ1) is 13.9. The van der Waals surface area contributed by atoms with E-state index in [0.717, 1.165) is 5.69 Å². The molecule has 0 spiro atoms. The third kappa shape index (κ3) is 4.58. The molecule has 2 rings (SSSR count). The maximum absolute atomic E-state index is 4.04. The first-order chi connectivity index (χ1) is 9.04. The van der Waals surface area contributed by atoms with E-state index in [2.05, 4.69) is 55.4 Å². The van der Waals surface area contributed by atoms with Crippen LogP contribution in [-0.4, -0.2) is 17.4 Å². The molecule has 3 nitrogen and oxygen atoms in total. The van der Waals surface area contributed by atoms with E-state index < -0.39 is 0 Å². The summed E-state index contributed by atoms with van der Waals surface area (Å²) in [6.07, 6.45) is 7.03. The molecule has 0 radical (unpaired) electrons. The van der Waals surface area contributed by atoms with Crippen LogP contribution in [0.4, 0.5) is 5.69 Å². The fraction of sp³-hybridized carbons (Fsp3) is 0.562. The summed E-state index contributed by atoms with van der Waals surface area (Å²) in [5.74, 6) is 0. The highest BCUT2D eigenvalue weighted by Gasteiger charge is 2.11. The summed E-state index contributed by atoms with van der Waals surface area (Å²) in [6.45, 7) is 7.61. The van der Waals surface area contributed by atoms with E-state index in [1.54, 1.807) is 0 Å². The number of hydrogen-bond acceptors (Lipinski definition) is 2.